The highest BCUT2D eigenvalue weighted by molar-refractivity contribution is 5.28. The van der Waals surface area contributed by atoms with Crippen LogP contribution in [-0.4, -0.2) is 14.8 Å². The molecule has 1 rings (SSSR count). The van der Waals surface area contributed by atoms with E-state index in [1.807, 2.05) is 0 Å². The quantitative estimate of drug-likeness (QED) is 0.133. The number of allylic oxidation sites excluding steroid dienone is 2. The van der Waals surface area contributed by atoms with Crippen molar-refractivity contribution in [3.05, 3.63) is 23.8 Å². The second-order valence-electron chi connectivity index (χ2n) is 10.1. The Kier molecular flexibility index (Phi) is 18.0. The average molecular weight is 462 g/mol. The Morgan fingerprint density at radius 2 is 1.06 bits per heavy atom. The molecule has 0 bridgehead atoms. The van der Waals surface area contributed by atoms with Gasteiger partial charge in [0.2, 0.25) is 0 Å². The summed E-state index contributed by atoms with van der Waals surface area (Å²) in [6.07, 6.45) is 28.4. The molecule has 3 nitrogen and oxygen atoms in total. The summed E-state index contributed by atoms with van der Waals surface area (Å²) in [5.74, 6) is 0.341. The first-order valence-corrected chi connectivity index (χ1v) is 14.4. The summed E-state index contributed by atoms with van der Waals surface area (Å²) in [4.78, 5) is 0. The van der Waals surface area contributed by atoms with Crippen LogP contribution in [0.2, 0.25) is 0 Å². The fraction of sp³-hybridized carbons (Fsp3) is 0.800. The first-order valence-electron chi connectivity index (χ1n) is 14.4. The van der Waals surface area contributed by atoms with E-state index in [1.165, 1.54) is 115 Å². The molecule has 0 aliphatic heterocycles. The van der Waals surface area contributed by atoms with Gasteiger partial charge in [0, 0.05) is 12.1 Å². The molecular formula is C30H55NO2. The van der Waals surface area contributed by atoms with E-state index in [0.29, 0.717) is 0 Å². The third kappa shape index (κ3) is 13.8. The topological polar surface area (TPSA) is 45.4 Å². The van der Waals surface area contributed by atoms with Gasteiger partial charge in [0.05, 0.1) is 6.04 Å². The number of hydrogen-bond donors (Lipinski definition) is 2. The van der Waals surface area contributed by atoms with Gasteiger partial charge in [-0.3, -0.25) is 4.57 Å². The molecule has 3 heteroatoms. The smallest absolute Gasteiger partial charge is 0.194 e. The molecule has 1 heterocycles. The van der Waals surface area contributed by atoms with E-state index in [2.05, 4.69) is 26.8 Å². The molecule has 2 N–H and O–H groups in total. The zero-order chi connectivity index (χ0) is 24.2. The van der Waals surface area contributed by atoms with E-state index in [0.717, 1.165) is 19.3 Å². The van der Waals surface area contributed by atoms with Gasteiger partial charge in [-0.1, -0.05) is 135 Å². The molecule has 0 aliphatic rings. The summed E-state index contributed by atoms with van der Waals surface area (Å²) >= 11 is 0. The lowest BCUT2D eigenvalue weighted by Crippen LogP contribution is -2.10. The van der Waals surface area contributed by atoms with E-state index >= 15 is 0 Å². The summed E-state index contributed by atoms with van der Waals surface area (Å²) in [7, 11) is 0. The monoisotopic (exact) mass is 461 g/mol. The van der Waals surface area contributed by atoms with E-state index in [1.54, 1.807) is 16.7 Å². The molecule has 1 aromatic heterocycles. The van der Waals surface area contributed by atoms with E-state index < -0.39 is 0 Å². The van der Waals surface area contributed by atoms with Crippen LogP contribution >= 0.6 is 0 Å². The molecule has 0 aliphatic carbocycles. The standard InChI is InChI=1S/C30H55NO2/c1-4-6-8-10-12-14-16-18-20-22-24-28(31-29(32)25-26-30(31)33)27(3)23-21-19-17-15-13-11-9-7-5-2/h23,25-26,28,32-33H,4-22,24H2,1-3H3. The van der Waals surface area contributed by atoms with Crippen LogP contribution in [0.3, 0.4) is 0 Å². The van der Waals surface area contributed by atoms with Crippen molar-refractivity contribution in [3.8, 4) is 11.8 Å². The van der Waals surface area contributed by atoms with E-state index in [4.69, 9.17) is 0 Å². The minimum Gasteiger partial charge on any atom is -0.494 e. The maximum Gasteiger partial charge on any atom is 0.194 e. The van der Waals surface area contributed by atoms with Gasteiger partial charge in [-0.05, 0) is 26.2 Å². The fourth-order valence-corrected chi connectivity index (χ4v) is 4.88. The zero-order valence-electron chi connectivity index (χ0n) is 22.3. The van der Waals surface area contributed by atoms with Crippen LogP contribution in [0.25, 0.3) is 0 Å². The summed E-state index contributed by atoms with van der Waals surface area (Å²) in [5, 5.41) is 20.6. The van der Waals surface area contributed by atoms with Crippen molar-refractivity contribution >= 4 is 0 Å². The maximum atomic E-state index is 10.3. The van der Waals surface area contributed by atoms with Crippen LogP contribution in [0, 0.1) is 0 Å². The number of hydrogen-bond acceptors (Lipinski definition) is 2. The minimum absolute atomic E-state index is 0.0584. The molecule has 1 aromatic rings. The summed E-state index contributed by atoms with van der Waals surface area (Å²) in [6, 6.07) is 3.27. The number of aromatic hydroxyl groups is 2. The van der Waals surface area contributed by atoms with Crippen LogP contribution < -0.4 is 0 Å². The molecule has 0 radical (unpaired) electrons. The molecule has 1 unspecified atom stereocenters. The van der Waals surface area contributed by atoms with Crippen LogP contribution in [0.1, 0.15) is 155 Å². The van der Waals surface area contributed by atoms with Gasteiger partial charge in [0.15, 0.2) is 11.8 Å². The molecule has 0 saturated heterocycles. The van der Waals surface area contributed by atoms with Gasteiger partial charge in [0.25, 0.3) is 0 Å². The molecule has 0 amide bonds. The number of nitrogens with zero attached hydrogens (tertiary/aromatic N) is 1. The van der Waals surface area contributed by atoms with Gasteiger partial charge < -0.3 is 10.2 Å². The molecule has 0 saturated carbocycles. The number of unbranched alkanes of at least 4 members (excludes halogenated alkanes) is 17. The highest BCUT2D eigenvalue weighted by Crippen LogP contribution is 2.34. The van der Waals surface area contributed by atoms with Crippen molar-refractivity contribution in [1.29, 1.82) is 0 Å². The normalized spacial score (nSPS) is 13.0. The second kappa shape index (κ2) is 20.0. The molecular weight excluding hydrogens is 406 g/mol. The third-order valence-corrected chi connectivity index (χ3v) is 7.07. The predicted octanol–water partition coefficient (Wildman–Crippen LogP) is 10.2. The van der Waals surface area contributed by atoms with Crippen LogP contribution in [-0.2, 0) is 0 Å². The highest BCUT2D eigenvalue weighted by Gasteiger charge is 2.19. The van der Waals surface area contributed by atoms with E-state index in [-0.39, 0.29) is 17.8 Å². The first kappa shape index (κ1) is 29.7. The minimum atomic E-state index is 0.0584. The molecule has 192 valence electrons. The maximum absolute atomic E-state index is 10.3. The van der Waals surface area contributed by atoms with Crippen LogP contribution in [0.15, 0.2) is 23.8 Å². The summed E-state index contributed by atoms with van der Waals surface area (Å²) < 4.78 is 1.72. The van der Waals surface area contributed by atoms with Crippen molar-refractivity contribution in [2.75, 3.05) is 0 Å². The lowest BCUT2D eigenvalue weighted by Gasteiger charge is -2.22. The summed E-state index contributed by atoms with van der Waals surface area (Å²) in [5.41, 5.74) is 1.27. The van der Waals surface area contributed by atoms with Crippen molar-refractivity contribution < 1.29 is 10.2 Å². The zero-order valence-corrected chi connectivity index (χ0v) is 22.3. The van der Waals surface area contributed by atoms with Gasteiger partial charge in [-0.2, -0.15) is 0 Å². The van der Waals surface area contributed by atoms with Crippen molar-refractivity contribution in [2.45, 2.75) is 155 Å². The van der Waals surface area contributed by atoms with Crippen LogP contribution in [0.4, 0.5) is 0 Å². The van der Waals surface area contributed by atoms with Gasteiger partial charge >= 0.3 is 0 Å². The van der Waals surface area contributed by atoms with Crippen molar-refractivity contribution in [1.82, 2.24) is 4.57 Å². The van der Waals surface area contributed by atoms with E-state index in [9.17, 15) is 10.2 Å². The lowest BCUT2D eigenvalue weighted by molar-refractivity contribution is 0.336. The summed E-state index contributed by atoms with van der Waals surface area (Å²) in [6.45, 7) is 6.71. The first-order chi connectivity index (χ1) is 16.1. The number of rotatable bonds is 22. The molecule has 0 fully saturated rings. The molecule has 0 aromatic carbocycles. The average Bonchev–Trinajstić information content (AvgIpc) is 3.14. The Bertz CT molecular complexity index is 585. The Morgan fingerprint density at radius 3 is 1.52 bits per heavy atom. The second-order valence-corrected chi connectivity index (χ2v) is 10.1. The van der Waals surface area contributed by atoms with Crippen molar-refractivity contribution in [2.24, 2.45) is 0 Å². The molecule has 33 heavy (non-hydrogen) atoms. The number of aromatic nitrogens is 1. The predicted molar refractivity (Wildman–Crippen MR) is 144 cm³/mol. The SMILES string of the molecule is CCCCCCCCCCC=C(C)C(CCCCCCCCCCCC)n1c(O)ccc1O. The Balaban J connectivity index is 2.37. The Hall–Kier alpha value is -1.38. The van der Waals surface area contributed by atoms with Gasteiger partial charge in [-0.15, -0.1) is 0 Å². The largest absolute Gasteiger partial charge is 0.494 e. The van der Waals surface area contributed by atoms with Crippen molar-refractivity contribution in [3.63, 3.8) is 0 Å². The van der Waals surface area contributed by atoms with Gasteiger partial charge in [-0.25, -0.2) is 0 Å². The highest BCUT2D eigenvalue weighted by atomic mass is 16.3. The molecule has 1 atom stereocenters. The lowest BCUT2D eigenvalue weighted by atomic mass is 9.98. The Morgan fingerprint density at radius 1 is 0.667 bits per heavy atom. The van der Waals surface area contributed by atoms with Gasteiger partial charge in [0.1, 0.15) is 0 Å². The third-order valence-electron chi connectivity index (χ3n) is 7.07. The molecule has 0 spiro atoms. The van der Waals surface area contributed by atoms with Crippen LogP contribution in [0.5, 0.6) is 11.8 Å². The fourth-order valence-electron chi connectivity index (χ4n) is 4.88. The Labute approximate surface area is 205 Å².